The summed E-state index contributed by atoms with van der Waals surface area (Å²) in [6.45, 7) is 8.66. The van der Waals surface area contributed by atoms with E-state index < -0.39 is 5.60 Å². The Hall–Kier alpha value is -0.160. The van der Waals surface area contributed by atoms with Crippen LogP contribution < -0.4 is 5.73 Å². The average Bonchev–Trinajstić information content (AvgIpc) is 2.20. The molecule has 1 aliphatic heterocycles. The van der Waals surface area contributed by atoms with E-state index in [9.17, 15) is 5.11 Å². The van der Waals surface area contributed by atoms with Gasteiger partial charge in [-0.3, -0.25) is 0 Å². The molecule has 1 heterocycles. The van der Waals surface area contributed by atoms with Crippen LogP contribution in [0.25, 0.3) is 0 Å². The Bertz CT molecular complexity index is 196. The topological polar surface area (TPSA) is 52.7 Å². The second kappa shape index (κ2) is 5.25. The van der Waals surface area contributed by atoms with Crippen molar-refractivity contribution in [3.05, 3.63) is 0 Å². The number of hydrogen-bond acceptors (Lipinski definition) is 4. The first-order valence-electron chi connectivity index (χ1n) is 5.79. The van der Waals surface area contributed by atoms with E-state index in [1.807, 2.05) is 6.92 Å². The molecule has 0 radical (unpaired) electrons. The van der Waals surface area contributed by atoms with Crippen molar-refractivity contribution in [1.29, 1.82) is 0 Å². The number of likely N-dealkylation sites (N-methyl/N-ethyl adjacent to an activating group) is 1. The minimum atomic E-state index is -0.702. The van der Waals surface area contributed by atoms with Gasteiger partial charge in [0.1, 0.15) is 0 Å². The summed E-state index contributed by atoms with van der Waals surface area (Å²) >= 11 is 0. The number of rotatable bonds is 4. The SMILES string of the molecule is CC1CN(CCC(C)(O)CN)CCN1C. The van der Waals surface area contributed by atoms with Crippen molar-refractivity contribution in [3.8, 4) is 0 Å². The van der Waals surface area contributed by atoms with E-state index >= 15 is 0 Å². The summed E-state index contributed by atoms with van der Waals surface area (Å²) in [5, 5.41) is 9.81. The van der Waals surface area contributed by atoms with Crippen LogP contribution in [0.3, 0.4) is 0 Å². The van der Waals surface area contributed by atoms with Gasteiger partial charge in [-0.1, -0.05) is 0 Å². The van der Waals surface area contributed by atoms with Crippen LogP contribution in [-0.2, 0) is 0 Å². The highest BCUT2D eigenvalue weighted by Crippen LogP contribution is 2.12. The molecule has 0 amide bonds. The maximum atomic E-state index is 9.81. The summed E-state index contributed by atoms with van der Waals surface area (Å²) in [7, 11) is 2.16. The lowest BCUT2D eigenvalue weighted by Crippen LogP contribution is -2.51. The summed E-state index contributed by atoms with van der Waals surface area (Å²) < 4.78 is 0. The number of nitrogens with two attached hydrogens (primary N) is 1. The summed E-state index contributed by atoms with van der Waals surface area (Å²) in [6.07, 6.45) is 0.764. The van der Waals surface area contributed by atoms with E-state index in [1.165, 1.54) is 0 Å². The molecule has 0 aromatic rings. The Morgan fingerprint density at radius 2 is 2.13 bits per heavy atom. The van der Waals surface area contributed by atoms with E-state index in [1.54, 1.807) is 0 Å². The second-order valence-electron chi connectivity index (χ2n) is 5.08. The van der Waals surface area contributed by atoms with Crippen LogP contribution in [0.1, 0.15) is 20.3 Å². The van der Waals surface area contributed by atoms with E-state index in [0.717, 1.165) is 32.6 Å². The van der Waals surface area contributed by atoms with Gasteiger partial charge < -0.3 is 20.6 Å². The molecule has 3 N–H and O–H groups in total. The predicted molar refractivity (Wildman–Crippen MR) is 62.8 cm³/mol. The molecule has 90 valence electrons. The molecule has 4 nitrogen and oxygen atoms in total. The van der Waals surface area contributed by atoms with Crippen molar-refractivity contribution in [2.45, 2.75) is 31.9 Å². The first-order chi connectivity index (χ1) is 6.94. The van der Waals surface area contributed by atoms with E-state index in [0.29, 0.717) is 12.6 Å². The van der Waals surface area contributed by atoms with Crippen LogP contribution in [0.2, 0.25) is 0 Å². The first kappa shape index (κ1) is 12.9. The van der Waals surface area contributed by atoms with Gasteiger partial charge in [-0.05, 0) is 27.3 Å². The van der Waals surface area contributed by atoms with Gasteiger partial charge in [0.15, 0.2) is 0 Å². The van der Waals surface area contributed by atoms with E-state index in [2.05, 4.69) is 23.8 Å². The van der Waals surface area contributed by atoms with Crippen LogP contribution in [0.15, 0.2) is 0 Å². The Kier molecular flexibility index (Phi) is 4.52. The van der Waals surface area contributed by atoms with Gasteiger partial charge >= 0.3 is 0 Å². The third-order valence-corrected chi connectivity index (χ3v) is 3.45. The van der Waals surface area contributed by atoms with E-state index in [4.69, 9.17) is 5.73 Å². The summed E-state index contributed by atoms with van der Waals surface area (Å²) in [5.74, 6) is 0. The average molecular weight is 215 g/mol. The third kappa shape index (κ3) is 4.07. The van der Waals surface area contributed by atoms with Gasteiger partial charge in [0, 0.05) is 38.8 Å². The Morgan fingerprint density at radius 3 is 2.67 bits per heavy atom. The Morgan fingerprint density at radius 1 is 1.47 bits per heavy atom. The molecule has 15 heavy (non-hydrogen) atoms. The lowest BCUT2D eigenvalue weighted by atomic mass is 10.0. The highest BCUT2D eigenvalue weighted by atomic mass is 16.3. The molecule has 0 aliphatic carbocycles. The molecule has 2 unspecified atom stereocenters. The van der Waals surface area contributed by atoms with Crippen molar-refractivity contribution < 1.29 is 5.11 Å². The fraction of sp³-hybridized carbons (Fsp3) is 1.00. The minimum absolute atomic E-state index is 0.344. The zero-order valence-electron chi connectivity index (χ0n) is 10.2. The molecule has 1 aliphatic rings. The largest absolute Gasteiger partial charge is 0.389 e. The molecule has 0 aromatic carbocycles. The summed E-state index contributed by atoms with van der Waals surface area (Å²) in [6, 6.07) is 0.613. The summed E-state index contributed by atoms with van der Waals surface area (Å²) in [5.41, 5.74) is 4.79. The maximum absolute atomic E-state index is 9.81. The standard InChI is InChI=1S/C11H25N3O/c1-10-8-14(7-6-13(10)3)5-4-11(2,15)9-12/h10,15H,4-9,12H2,1-3H3. The number of aliphatic hydroxyl groups is 1. The lowest BCUT2D eigenvalue weighted by Gasteiger charge is -2.38. The second-order valence-corrected chi connectivity index (χ2v) is 5.08. The molecular weight excluding hydrogens is 190 g/mol. The number of nitrogens with zero attached hydrogens (tertiary/aromatic N) is 2. The predicted octanol–water partition coefficient (Wildman–Crippen LogP) is -0.278. The van der Waals surface area contributed by atoms with Gasteiger partial charge in [-0.2, -0.15) is 0 Å². The molecule has 4 heteroatoms. The van der Waals surface area contributed by atoms with Gasteiger partial charge in [0.25, 0.3) is 0 Å². The third-order valence-electron chi connectivity index (χ3n) is 3.45. The van der Waals surface area contributed by atoms with Crippen molar-refractivity contribution in [2.75, 3.05) is 39.8 Å². The van der Waals surface area contributed by atoms with Crippen LogP contribution in [0.5, 0.6) is 0 Å². The van der Waals surface area contributed by atoms with E-state index in [-0.39, 0.29) is 0 Å². The molecule has 1 fully saturated rings. The molecule has 0 aromatic heterocycles. The van der Waals surface area contributed by atoms with Crippen molar-refractivity contribution >= 4 is 0 Å². The van der Waals surface area contributed by atoms with Gasteiger partial charge in [0.2, 0.25) is 0 Å². The fourth-order valence-electron chi connectivity index (χ4n) is 1.83. The Labute approximate surface area is 93.0 Å². The first-order valence-corrected chi connectivity index (χ1v) is 5.79. The normalized spacial score (nSPS) is 29.0. The molecule has 2 atom stereocenters. The highest BCUT2D eigenvalue weighted by molar-refractivity contribution is 4.80. The molecular formula is C11H25N3O. The summed E-state index contributed by atoms with van der Waals surface area (Å²) in [4.78, 5) is 4.78. The lowest BCUT2D eigenvalue weighted by molar-refractivity contribution is 0.0338. The highest BCUT2D eigenvalue weighted by Gasteiger charge is 2.23. The molecule has 0 spiro atoms. The van der Waals surface area contributed by atoms with Crippen LogP contribution in [-0.4, -0.2) is 66.3 Å². The van der Waals surface area contributed by atoms with Crippen LogP contribution >= 0.6 is 0 Å². The number of piperazine rings is 1. The fourth-order valence-corrected chi connectivity index (χ4v) is 1.83. The smallest absolute Gasteiger partial charge is 0.0753 e. The molecule has 0 saturated carbocycles. The molecule has 1 rings (SSSR count). The van der Waals surface area contributed by atoms with Crippen molar-refractivity contribution in [3.63, 3.8) is 0 Å². The van der Waals surface area contributed by atoms with Gasteiger partial charge in [-0.15, -0.1) is 0 Å². The van der Waals surface area contributed by atoms with Gasteiger partial charge in [0.05, 0.1) is 5.60 Å². The zero-order valence-corrected chi connectivity index (χ0v) is 10.2. The van der Waals surface area contributed by atoms with Crippen LogP contribution in [0.4, 0.5) is 0 Å². The quantitative estimate of drug-likeness (QED) is 0.677. The maximum Gasteiger partial charge on any atom is 0.0753 e. The van der Waals surface area contributed by atoms with Crippen LogP contribution in [0, 0.1) is 0 Å². The molecule has 1 saturated heterocycles. The molecule has 0 bridgehead atoms. The monoisotopic (exact) mass is 215 g/mol. The van der Waals surface area contributed by atoms with Crippen molar-refractivity contribution in [2.24, 2.45) is 5.73 Å². The van der Waals surface area contributed by atoms with Gasteiger partial charge in [-0.25, -0.2) is 0 Å². The number of hydrogen-bond donors (Lipinski definition) is 2. The Balaban J connectivity index is 2.28. The minimum Gasteiger partial charge on any atom is -0.389 e. The van der Waals surface area contributed by atoms with Crippen molar-refractivity contribution in [1.82, 2.24) is 9.80 Å². The zero-order chi connectivity index (χ0) is 11.5.